The van der Waals surface area contributed by atoms with E-state index in [1.54, 1.807) is 42.1 Å². The van der Waals surface area contributed by atoms with E-state index in [4.69, 9.17) is 9.47 Å². The van der Waals surface area contributed by atoms with Gasteiger partial charge >= 0.3 is 0 Å². The van der Waals surface area contributed by atoms with E-state index in [9.17, 15) is 13.5 Å². The highest BCUT2D eigenvalue weighted by molar-refractivity contribution is 7.99. The molecule has 3 atom stereocenters. The van der Waals surface area contributed by atoms with Gasteiger partial charge in [0.15, 0.2) is 6.29 Å². The van der Waals surface area contributed by atoms with Crippen LogP contribution in [0.1, 0.15) is 41.1 Å². The van der Waals surface area contributed by atoms with Crippen LogP contribution in [0.25, 0.3) is 11.1 Å². The van der Waals surface area contributed by atoms with Crippen molar-refractivity contribution in [1.82, 2.24) is 4.72 Å². The summed E-state index contributed by atoms with van der Waals surface area (Å²) in [4.78, 5) is 1.45. The summed E-state index contributed by atoms with van der Waals surface area (Å²) in [5, 5.41) is 9.49. The summed E-state index contributed by atoms with van der Waals surface area (Å²) in [6.45, 7) is 0.197. The lowest BCUT2D eigenvalue weighted by Gasteiger charge is -2.36. The molecule has 1 fully saturated rings. The highest BCUT2D eigenvalue weighted by Gasteiger charge is 2.32. The largest absolute Gasteiger partial charge is 0.392 e. The maximum absolute atomic E-state index is 12.7. The fourth-order valence-electron chi connectivity index (χ4n) is 5.28. The normalized spacial score (nSPS) is 18.5. The molecule has 1 heterocycles. The van der Waals surface area contributed by atoms with Crippen molar-refractivity contribution in [1.29, 1.82) is 0 Å². The fraction of sp³-hybridized carbons (Fsp3) is 0.189. The molecule has 0 radical (unpaired) electrons. The quantitative estimate of drug-likeness (QED) is 0.145. The SMILES string of the molecule is O=S(=O)(NCc1cccc(-c2ccc([C@H]3O[C@@H](CSc4ccccc4)C[C@@H](c4ccc(CO)cc4)O3)cc2)c1)c1ccccc1. The van der Waals surface area contributed by atoms with Crippen molar-refractivity contribution in [3.05, 3.63) is 156 Å². The van der Waals surface area contributed by atoms with Gasteiger partial charge in [-0.2, -0.15) is 0 Å². The number of aliphatic hydroxyl groups excluding tert-OH is 1. The van der Waals surface area contributed by atoms with Gasteiger partial charge in [-0.3, -0.25) is 0 Å². The van der Waals surface area contributed by atoms with Gasteiger partial charge < -0.3 is 14.6 Å². The van der Waals surface area contributed by atoms with Crippen LogP contribution in [0.15, 0.2) is 143 Å². The summed E-state index contributed by atoms with van der Waals surface area (Å²) in [6, 6.07) is 42.6. The van der Waals surface area contributed by atoms with E-state index in [2.05, 4.69) is 16.9 Å². The third-order valence-electron chi connectivity index (χ3n) is 7.76. The third kappa shape index (κ3) is 8.10. The van der Waals surface area contributed by atoms with E-state index in [1.165, 1.54) is 4.90 Å². The summed E-state index contributed by atoms with van der Waals surface area (Å²) < 4.78 is 41.1. The van der Waals surface area contributed by atoms with Crippen LogP contribution in [-0.4, -0.2) is 25.4 Å². The molecule has 0 unspecified atom stereocenters. The van der Waals surface area contributed by atoms with Gasteiger partial charge in [-0.05, 0) is 58.1 Å². The second-order valence-electron chi connectivity index (χ2n) is 10.9. The highest BCUT2D eigenvalue weighted by atomic mass is 32.2. The Hall–Kier alpha value is -3.76. The van der Waals surface area contributed by atoms with E-state index >= 15 is 0 Å². The van der Waals surface area contributed by atoms with Gasteiger partial charge in [0.25, 0.3) is 0 Å². The molecular formula is C37H35NO5S2. The number of thioether (sulfide) groups is 1. The first kappa shape index (κ1) is 31.2. The number of ether oxygens (including phenoxy) is 2. The van der Waals surface area contributed by atoms with Crippen molar-refractivity contribution in [2.45, 2.75) is 47.9 Å². The number of sulfonamides is 1. The minimum absolute atomic E-state index is 0.00639. The molecule has 0 spiro atoms. The fourth-order valence-corrected chi connectivity index (χ4v) is 7.26. The second kappa shape index (κ2) is 14.6. The molecule has 6 nitrogen and oxygen atoms in total. The molecule has 0 saturated carbocycles. The first-order valence-corrected chi connectivity index (χ1v) is 17.4. The Morgan fingerprint density at radius 3 is 2.11 bits per heavy atom. The summed E-state index contributed by atoms with van der Waals surface area (Å²) in [7, 11) is -3.60. The van der Waals surface area contributed by atoms with Crippen LogP contribution in [0.3, 0.4) is 0 Å². The first-order valence-electron chi connectivity index (χ1n) is 14.9. The Morgan fingerprint density at radius 1 is 0.711 bits per heavy atom. The topological polar surface area (TPSA) is 84.9 Å². The lowest BCUT2D eigenvalue weighted by Crippen LogP contribution is -2.31. The van der Waals surface area contributed by atoms with Crippen LogP contribution in [0.2, 0.25) is 0 Å². The summed E-state index contributed by atoms with van der Waals surface area (Å²) in [5.74, 6) is 0.800. The number of nitrogens with one attached hydrogen (secondary N) is 1. The number of rotatable bonds is 11. The molecule has 0 amide bonds. The standard InChI is InChI=1S/C37H35NO5S2/c39-25-27-14-16-30(17-15-27)36-23-33(26-44-34-10-3-1-4-11-34)42-37(43-36)31-20-18-29(19-21-31)32-9-7-8-28(22-32)24-38-45(40,41)35-12-5-2-6-13-35/h1-22,33,36-39H,23-26H2/t33-,36+,37+/m1/s1. The van der Waals surface area contributed by atoms with Gasteiger partial charge in [-0.25, -0.2) is 13.1 Å². The number of aliphatic hydroxyl groups is 1. The van der Waals surface area contributed by atoms with Crippen molar-refractivity contribution < 1.29 is 23.0 Å². The van der Waals surface area contributed by atoms with Crippen molar-refractivity contribution in [2.75, 3.05) is 5.75 Å². The first-order chi connectivity index (χ1) is 22.0. The molecular weight excluding hydrogens is 603 g/mol. The Labute approximate surface area is 269 Å². The van der Waals surface area contributed by atoms with E-state index in [1.807, 2.05) is 91.0 Å². The van der Waals surface area contributed by atoms with Crippen LogP contribution in [-0.2, 0) is 32.6 Å². The molecule has 45 heavy (non-hydrogen) atoms. The van der Waals surface area contributed by atoms with Gasteiger partial charge in [0.05, 0.1) is 23.7 Å². The van der Waals surface area contributed by atoms with Crippen molar-refractivity contribution in [3.8, 4) is 11.1 Å². The van der Waals surface area contributed by atoms with Crippen LogP contribution >= 0.6 is 11.8 Å². The second-order valence-corrected chi connectivity index (χ2v) is 13.8. The van der Waals surface area contributed by atoms with Crippen LogP contribution in [0.5, 0.6) is 0 Å². The summed E-state index contributed by atoms with van der Waals surface area (Å²) in [6.07, 6.45) is 0.0325. The minimum atomic E-state index is -3.60. The maximum atomic E-state index is 12.7. The van der Waals surface area contributed by atoms with Gasteiger partial charge in [0.1, 0.15) is 0 Å². The van der Waals surface area contributed by atoms with Gasteiger partial charge in [0, 0.05) is 29.2 Å². The van der Waals surface area contributed by atoms with Crippen molar-refractivity contribution in [2.24, 2.45) is 0 Å². The zero-order valence-electron chi connectivity index (χ0n) is 24.7. The molecule has 1 aliphatic heterocycles. The number of hydrogen-bond acceptors (Lipinski definition) is 6. The smallest absolute Gasteiger partial charge is 0.240 e. The zero-order valence-corrected chi connectivity index (χ0v) is 26.3. The lowest BCUT2D eigenvalue weighted by atomic mass is 9.99. The molecule has 2 N–H and O–H groups in total. The van der Waals surface area contributed by atoms with E-state index in [0.717, 1.165) is 45.6 Å². The molecule has 5 aromatic carbocycles. The molecule has 230 valence electrons. The van der Waals surface area contributed by atoms with E-state index < -0.39 is 16.3 Å². The molecule has 8 heteroatoms. The molecule has 0 aromatic heterocycles. The number of benzene rings is 5. The summed E-state index contributed by atoms with van der Waals surface area (Å²) in [5.41, 5.74) is 5.72. The molecule has 6 rings (SSSR count). The Bertz CT molecular complexity index is 1780. The van der Waals surface area contributed by atoms with Crippen LogP contribution in [0.4, 0.5) is 0 Å². The molecule has 1 aliphatic rings. The van der Waals surface area contributed by atoms with Crippen molar-refractivity contribution in [3.63, 3.8) is 0 Å². The van der Waals surface area contributed by atoms with E-state index in [-0.39, 0.29) is 30.3 Å². The van der Waals surface area contributed by atoms with Crippen LogP contribution < -0.4 is 4.72 Å². The van der Waals surface area contributed by atoms with Crippen LogP contribution in [0, 0.1) is 0 Å². The zero-order chi connectivity index (χ0) is 31.1. The van der Waals surface area contributed by atoms with Gasteiger partial charge in [-0.1, -0.05) is 103 Å². The van der Waals surface area contributed by atoms with Crippen molar-refractivity contribution >= 4 is 21.8 Å². The molecule has 0 bridgehead atoms. The van der Waals surface area contributed by atoms with E-state index in [0.29, 0.717) is 0 Å². The van der Waals surface area contributed by atoms with Gasteiger partial charge in [-0.15, -0.1) is 11.8 Å². The maximum Gasteiger partial charge on any atom is 0.240 e. The average Bonchev–Trinajstić information content (AvgIpc) is 3.11. The predicted octanol–water partition coefficient (Wildman–Crippen LogP) is 7.66. The number of hydrogen-bond donors (Lipinski definition) is 2. The van der Waals surface area contributed by atoms with Gasteiger partial charge in [0.2, 0.25) is 10.0 Å². The monoisotopic (exact) mass is 637 g/mol. The Morgan fingerprint density at radius 2 is 1.40 bits per heavy atom. The molecule has 0 aliphatic carbocycles. The highest BCUT2D eigenvalue weighted by Crippen LogP contribution is 2.40. The molecule has 1 saturated heterocycles. The lowest BCUT2D eigenvalue weighted by molar-refractivity contribution is -0.245. The minimum Gasteiger partial charge on any atom is -0.392 e. The third-order valence-corrected chi connectivity index (χ3v) is 10.3. The predicted molar refractivity (Wildman–Crippen MR) is 178 cm³/mol. The average molecular weight is 638 g/mol. The summed E-state index contributed by atoms with van der Waals surface area (Å²) >= 11 is 1.78. The Kier molecular flexibility index (Phi) is 10.1. The molecule has 5 aromatic rings. The Balaban J connectivity index is 1.16.